The highest BCUT2D eigenvalue weighted by Gasteiger charge is 2.13. The minimum absolute atomic E-state index is 0.171. The molecule has 0 spiro atoms. The zero-order valence-corrected chi connectivity index (χ0v) is 16.0. The van der Waals surface area contributed by atoms with Gasteiger partial charge in [-0.2, -0.15) is 0 Å². The van der Waals surface area contributed by atoms with Gasteiger partial charge in [-0.25, -0.2) is 0 Å². The van der Waals surface area contributed by atoms with E-state index >= 15 is 0 Å². The Morgan fingerprint density at radius 3 is 2.52 bits per heavy atom. The van der Waals surface area contributed by atoms with E-state index in [1.165, 1.54) is 0 Å². The van der Waals surface area contributed by atoms with E-state index in [0.29, 0.717) is 35.7 Å². The summed E-state index contributed by atoms with van der Waals surface area (Å²) in [5.41, 5.74) is 1.85. The smallest absolute Gasteiger partial charge is 0.253 e. The lowest BCUT2D eigenvalue weighted by molar-refractivity contribution is -0.116. The molecule has 27 heavy (non-hydrogen) atoms. The van der Waals surface area contributed by atoms with Gasteiger partial charge in [-0.15, -0.1) is 0 Å². The van der Waals surface area contributed by atoms with Crippen molar-refractivity contribution in [3.8, 4) is 11.5 Å². The Bertz CT molecular complexity index is 790. The summed E-state index contributed by atoms with van der Waals surface area (Å²) in [6.07, 6.45) is 1.60. The van der Waals surface area contributed by atoms with Crippen molar-refractivity contribution in [3.63, 3.8) is 0 Å². The van der Waals surface area contributed by atoms with Crippen molar-refractivity contribution in [2.45, 2.75) is 26.2 Å². The number of methoxy groups -OCH3 is 2. The number of rotatable bonds is 9. The molecule has 144 valence electrons. The van der Waals surface area contributed by atoms with E-state index in [-0.39, 0.29) is 18.2 Å². The van der Waals surface area contributed by atoms with Gasteiger partial charge >= 0.3 is 0 Å². The minimum atomic E-state index is -0.192. The Balaban J connectivity index is 2.04. The van der Waals surface area contributed by atoms with Crippen LogP contribution in [-0.4, -0.2) is 32.6 Å². The molecule has 0 aliphatic heterocycles. The van der Waals surface area contributed by atoms with E-state index < -0.39 is 0 Å². The van der Waals surface area contributed by atoms with Crippen molar-refractivity contribution in [3.05, 3.63) is 53.6 Å². The number of benzene rings is 2. The van der Waals surface area contributed by atoms with Gasteiger partial charge in [-0.05, 0) is 48.7 Å². The number of hydrogen-bond acceptors (Lipinski definition) is 4. The maximum atomic E-state index is 12.4. The van der Waals surface area contributed by atoms with Gasteiger partial charge in [0, 0.05) is 13.0 Å². The summed E-state index contributed by atoms with van der Waals surface area (Å²) in [6.45, 7) is 2.58. The van der Waals surface area contributed by atoms with E-state index in [0.717, 1.165) is 12.0 Å². The number of nitrogens with one attached hydrogen (secondary N) is 2. The summed E-state index contributed by atoms with van der Waals surface area (Å²) in [5, 5.41) is 5.66. The molecule has 0 atom stereocenters. The molecule has 2 amide bonds. The average Bonchev–Trinajstić information content (AvgIpc) is 2.70. The highest BCUT2D eigenvalue weighted by atomic mass is 16.5. The van der Waals surface area contributed by atoms with Crippen LogP contribution in [0, 0.1) is 0 Å². The third kappa shape index (κ3) is 5.74. The molecule has 0 radical (unpaired) electrons. The van der Waals surface area contributed by atoms with E-state index in [1.807, 2.05) is 25.1 Å². The van der Waals surface area contributed by atoms with Crippen molar-refractivity contribution in [2.24, 2.45) is 0 Å². The molecule has 0 saturated carbocycles. The molecule has 2 rings (SSSR count). The third-order valence-electron chi connectivity index (χ3n) is 4.09. The first-order valence-corrected chi connectivity index (χ1v) is 8.97. The van der Waals surface area contributed by atoms with Gasteiger partial charge in [0.15, 0.2) is 0 Å². The minimum Gasteiger partial charge on any atom is -0.497 e. The number of anilines is 1. The summed E-state index contributed by atoms with van der Waals surface area (Å²) in [5.74, 6) is 1.06. The number of amides is 2. The molecular formula is C21H26N2O4. The van der Waals surface area contributed by atoms with Gasteiger partial charge in [0.25, 0.3) is 5.91 Å². The molecular weight excluding hydrogens is 344 g/mol. The Morgan fingerprint density at radius 1 is 1.04 bits per heavy atom. The van der Waals surface area contributed by atoms with E-state index in [4.69, 9.17) is 9.47 Å². The van der Waals surface area contributed by atoms with Crippen molar-refractivity contribution in [1.82, 2.24) is 5.32 Å². The Labute approximate surface area is 159 Å². The summed E-state index contributed by atoms with van der Waals surface area (Å²) >= 11 is 0. The second kappa shape index (κ2) is 10.2. The molecule has 0 aliphatic carbocycles. The van der Waals surface area contributed by atoms with Crippen LogP contribution in [0.2, 0.25) is 0 Å². The molecule has 6 nitrogen and oxygen atoms in total. The Kier molecular flexibility index (Phi) is 7.67. The summed E-state index contributed by atoms with van der Waals surface area (Å²) < 4.78 is 10.6. The number of ether oxygens (including phenoxy) is 2. The normalized spacial score (nSPS) is 10.2. The summed E-state index contributed by atoms with van der Waals surface area (Å²) in [6, 6.07) is 12.5. The van der Waals surface area contributed by atoms with Crippen LogP contribution in [0.3, 0.4) is 0 Å². The first-order valence-electron chi connectivity index (χ1n) is 8.97. The predicted molar refractivity (Wildman–Crippen MR) is 106 cm³/mol. The number of aryl methyl sites for hydroxylation is 1. The van der Waals surface area contributed by atoms with Crippen molar-refractivity contribution in [1.29, 1.82) is 0 Å². The largest absolute Gasteiger partial charge is 0.497 e. The lowest BCUT2D eigenvalue weighted by atomic mass is 10.1. The van der Waals surface area contributed by atoms with Crippen LogP contribution >= 0.6 is 0 Å². The highest BCUT2D eigenvalue weighted by molar-refractivity contribution is 6.03. The lowest BCUT2D eigenvalue weighted by Crippen LogP contribution is -2.25. The Hall–Kier alpha value is -3.02. The number of para-hydroxylation sites is 1. The highest BCUT2D eigenvalue weighted by Crippen LogP contribution is 2.25. The van der Waals surface area contributed by atoms with E-state index in [1.54, 1.807) is 38.5 Å². The van der Waals surface area contributed by atoms with Crippen molar-refractivity contribution < 1.29 is 19.1 Å². The van der Waals surface area contributed by atoms with Gasteiger partial charge in [0.1, 0.15) is 11.5 Å². The second-order valence-electron chi connectivity index (χ2n) is 6.03. The molecule has 0 heterocycles. The molecule has 0 fully saturated rings. The van der Waals surface area contributed by atoms with Crippen LogP contribution in [0.4, 0.5) is 5.69 Å². The Morgan fingerprint density at radius 2 is 1.81 bits per heavy atom. The third-order valence-corrected chi connectivity index (χ3v) is 4.09. The molecule has 0 unspecified atom stereocenters. The molecule has 2 N–H and O–H groups in total. The molecule has 0 aliphatic rings. The molecule has 2 aromatic rings. The summed E-state index contributed by atoms with van der Waals surface area (Å²) in [7, 11) is 3.19. The average molecular weight is 370 g/mol. The molecule has 0 saturated heterocycles. The van der Waals surface area contributed by atoms with Gasteiger partial charge in [0.05, 0.1) is 25.5 Å². The van der Waals surface area contributed by atoms with Crippen LogP contribution in [0.5, 0.6) is 11.5 Å². The van der Waals surface area contributed by atoms with Crippen molar-refractivity contribution >= 4 is 17.5 Å². The molecule has 0 aromatic heterocycles. The summed E-state index contributed by atoms with van der Waals surface area (Å²) in [4.78, 5) is 24.7. The van der Waals surface area contributed by atoms with Gasteiger partial charge < -0.3 is 20.1 Å². The van der Waals surface area contributed by atoms with Crippen LogP contribution in [0.15, 0.2) is 42.5 Å². The number of carbonyl (C=O) groups excluding carboxylic acids is 2. The topological polar surface area (TPSA) is 76.7 Å². The fourth-order valence-electron chi connectivity index (χ4n) is 2.66. The quantitative estimate of drug-likeness (QED) is 0.709. The zero-order valence-electron chi connectivity index (χ0n) is 16.0. The molecule has 0 bridgehead atoms. The van der Waals surface area contributed by atoms with Gasteiger partial charge in [-0.1, -0.05) is 19.1 Å². The monoisotopic (exact) mass is 370 g/mol. The fraction of sp³-hybridized carbons (Fsp3) is 0.333. The van der Waals surface area contributed by atoms with Crippen LogP contribution < -0.4 is 20.1 Å². The second-order valence-corrected chi connectivity index (χ2v) is 6.03. The van der Waals surface area contributed by atoms with E-state index in [2.05, 4.69) is 10.6 Å². The molecule has 6 heteroatoms. The number of hydrogen-bond donors (Lipinski definition) is 2. The van der Waals surface area contributed by atoms with Crippen LogP contribution in [0.25, 0.3) is 0 Å². The zero-order chi connectivity index (χ0) is 19.6. The lowest BCUT2D eigenvalue weighted by Gasteiger charge is -2.12. The van der Waals surface area contributed by atoms with E-state index in [9.17, 15) is 9.59 Å². The standard InChI is InChI=1S/C21H26N2O4/c1-4-13-22-21(25)17-7-5-6-8-18(17)23-20(24)12-9-15-14-16(26-2)10-11-19(15)27-3/h5-8,10-11,14H,4,9,12-13H2,1-3H3,(H,22,25)(H,23,24). The maximum absolute atomic E-state index is 12.4. The predicted octanol–water partition coefficient (Wildman–Crippen LogP) is 3.41. The number of carbonyl (C=O) groups is 2. The first-order chi connectivity index (χ1) is 13.1. The maximum Gasteiger partial charge on any atom is 0.253 e. The first kappa shape index (κ1) is 20.3. The van der Waals surface area contributed by atoms with Crippen LogP contribution in [-0.2, 0) is 11.2 Å². The van der Waals surface area contributed by atoms with Crippen molar-refractivity contribution in [2.75, 3.05) is 26.1 Å². The van der Waals surface area contributed by atoms with Crippen LogP contribution in [0.1, 0.15) is 35.7 Å². The fourth-order valence-corrected chi connectivity index (χ4v) is 2.66. The molecule has 2 aromatic carbocycles. The van der Waals surface area contributed by atoms with Gasteiger partial charge in [0.2, 0.25) is 5.91 Å². The SMILES string of the molecule is CCCNC(=O)c1ccccc1NC(=O)CCc1cc(OC)ccc1OC. The van der Waals surface area contributed by atoms with Gasteiger partial charge in [-0.3, -0.25) is 9.59 Å².